The van der Waals surface area contributed by atoms with Gasteiger partial charge in [0.05, 0.1) is 12.3 Å². The highest BCUT2D eigenvalue weighted by molar-refractivity contribution is 5.15. The SMILES string of the molecule is Cc1c(CN)cnn1CCC1CCCO1. The van der Waals surface area contributed by atoms with Gasteiger partial charge in [-0.3, -0.25) is 4.68 Å². The van der Waals surface area contributed by atoms with Crippen molar-refractivity contribution in [3.63, 3.8) is 0 Å². The molecule has 2 heterocycles. The Balaban J connectivity index is 1.89. The van der Waals surface area contributed by atoms with Gasteiger partial charge in [-0.2, -0.15) is 5.10 Å². The predicted molar refractivity (Wildman–Crippen MR) is 58.4 cm³/mol. The lowest BCUT2D eigenvalue weighted by molar-refractivity contribution is 0.0993. The van der Waals surface area contributed by atoms with Gasteiger partial charge in [0.15, 0.2) is 0 Å². The van der Waals surface area contributed by atoms with Crippen LogP contribution in [-0.4, -0.2) is 22.5 Å². The van der Waals surface area contributed by atoms with Gasteiger partial charge in [0.25, 0.3) is 0 Å². The van der Waals surface area contributed by atoms with E-state index in [1.54, 1.807) is 0 Å². The Morgan fingerprint density at radius 1 is 1.67 bits per heavy atom. The van der Waals surface area contributed by atoms with E-state index in [9.17, 15) is 0 Å². The molecule has 1 aromatic heterocycles. The maximum atomic E-state index is 5.60. The Morgan fingerprint density at radius 2 is 2.53 bits per heavy atom. The fourth-order valence-electron chi connectivity index (χ4n) is 2.05. The van der Waals surface area contributed by atoms with E-state index in [2.05, 4.69) is 12.0 Å². The van der Waals surface area contributed by atoms with Crippen LogP contribution in [0.15, 0.2) is 6.20 Å². The summed E-state index contributed by atoms with van der Waals surface area (Å²) in [6.45, 7) is 4.52. The average molecular weight is 209 g/mol. The zero-order valence-electron chi connectivity index (χ0n) is 9.28. The van der Waals surface area contributed by atoms with Crippen molar-refractivity contribution in [3.8, 4) is 0 Å². The van der Waals surface area contributed by atoms with Crippen molar-refractivity contribution in [1.29, 1.82) is 0 Å². The van der Waals surface area contributed by atoms with E-state index in [1.807, 2.05) is 10.9 Å². The molecule has 0 saturated carbocycles. The maximum absolute atomic E-state index is 5.60. The number of hydrogen-bond acceptors (Lipinski definition) is 3. The Hall–Kier alpha value is -0.870. The van der Waals surface area contributed by atoms with Crippen LogP contribution in [0.1, 0.15) is 30.5 Å². The molecule has 1 unspecified atom stereocenters. The van der Waals surface area contributed by atoms with Crippen molar-refractivity contribution in [3.05, 3.63) is 17.5 Å². The summed E-state index contributed by atoms with van der Waals surface area (Å²) in [5, 5.41) is 4.33. The van der Waals surface area contributed by atoms with Crippen LogP contribution in [0.4, 0.5) is 0 Å². The molecule has 84 valence electrons. The summed E-state index contributed by atoms with van der Waals surface area (Å²) in [5.74, 6) is 0. The second kappa shape index (κ2) is 4.77. The molecule has 0 aromatic carbocycles. The van der Waals surface area contributed by atoms with Gasteiger partial charge in [0.1, 0.15) is 0 Å². The number of aryl methyl sites for hydroxylation is 1. The largest absolute Gasteiger partial charge is 0.378 e. The Bertz CT molecular complexity index is 316. The molecular weight excluding hydrogens is 190 g/mol. The second-order valence-corrected chi connectivity index (χ2v) is 4.11. The number of aromatic nitrogens is 2. The summed E-state index contributed by atoms with van der Waals surface area (Å²) >= 11 is 0. The molecule has 0 aliphatic carbocycles. The molecular formula is C11H19N3O. The highest BCUT2D eigenvalue weighted by Crippen LogP contribution is 2.16. The molecule has 0 radical (unpaired) electrons. The van der Waals surface area contributed by atoms with Crippen LogP contribution < -0.4 is 5.73 Å². The van der Waals surface area contributed by atoms with Gasteiger partial charge in [-0.05, 0) is 26.2 Å². The van der Waals surface area contributed by atoms with Crippen LogP contribution in [0, 0.1) is 6.92 Å². The highest BCUT2D eigenvalue weighted by atomic mass is 16.5. The Morgan fingerprint density at radius 3 is 3.13 bits per heavy atom. The quantitative estimate of drug-likeness (QED) is 0.811. The number of hydrogen-bond donors (Lipinski definition) is 1. The van der Waals surface area contributed by atoms with Crippen LogP contribution in [0.25, 0.3) is 0 Å². The number of nitrogens with two attached hydrogens (primary N) is 1. The molecule has 1 aliphatic rings. The molecule has 1 fully saturated rings. The van der Waals surface area contributed by atoms with Crippen LogP contribution in [0.2, 0.25) is 0 Å². The minimum Gasteiger partial charge on any atom is -0.378 e. The normalized spacial score (nSPS) is 21.1. The summed E-state index contributed by atoms with van der Waals surface area (Å²) in [6, 6.07) is 0. The first kappa shape index (κ1) is 10.6. The van der Waals surface area contributed by atoms with Crippen LogP contribution in [-0.2, 0) is 17.8 Å². The summed E-state index contributed by atoms with van der Waals surface area (Å²) in [7, 11) is 0. The first-order chi connectivity index (χ1) is 7.31. The van der Waals surface area contributed by atoms with Crippen molar-refractivity contribution in [2.24, 2.45) is 5.73 Å². The van der Waals surface area contributed by atoms with Crippen LogP contribution >= 0.6 is 0 Å². The third-order valence-corrected chi connectivity index (χ3v) is 3.11. The van der Waals surface area contributed by atoms with Gasteiger partial charge in [-0.25, -0.2) is 0 Å². The summed E-state index contributed by atoms with van der Waals surface area (Å²) in [5.41, 5.74) is 7.94. The van der Waals surface area contributed by atoms with E-state index in [0.29, 0.717) is 12.6 Å². The van der Waals surface area contributed by atoms with E-state index >= 15 is 0 Å². The Labute approximate surface area is 90.4 Å². The molecule has 2 N–H and O–H groups in total. The first-order valence-corrected chi connectivity index (χ1v) is 5.64. The van der Waals surface area contributed by atoms with Crippen molar-refractivity contribution >= 4 is 0 Å². The minimum atomic E-state index is 0.440. The topological polar surface area (TPSA) is 53.1 Å². The van der Waals surface area contributed by atoms with E-state index in [4.69, 9.17) is 10.5 Å². The van der Waals surface area contributed by atoms with Crippen molar-refractivity contribution in [1.82, 2.24) is 9.78 Å². The smallest absolute Gasteiger partial charge is 0.0593 e. The number of rotatable bonds is 4. The molecule has 2 rings (SSSR count). The predicted octanol–water partition coefficient (Wildman–Crippen LogP) is 1.22. The molecule has 0 amide bonds. The fourth-order valence-corrected chi connectivity index (χ4v) is 2.05. The van der Waals surface area contributed by atoms with Crippen molar-refractivity contribution < 1.29 is 4.74 Å². The van der Waals surface area contributed by atoms with Crippen LogP contribution in [0.5, 0.6) is 0 Å². The summed E-state index contributed by atoms with van der Waals surface area (Å²) < 4.78 is 7.61. The summed E-state index contributed by atoms with van der Waals surface area (Å²) in [6.07, 6.45) is 5.77. The first-order valence-electron chi connectivity index (χ1n) is 5.64. The monoisotopic (exact) mass is 209 g/mol. The van der Waals surface area contributed by atoms with E-state index in [-0.39, 0.29) is 0 Å². The molecule has 1 aromatic rings. The number of ether oxygens (including phenoxy) is 1. The molecule has 1 saturated heterocycles. The van der Waals surface area contributed by atoms with Gasteiger partial charge >= 0.3 is 0 Å². The zero-order valence-corrected chi connectivity index (χ0v) is 9.28. The molecule has 15 heavy (non-hydrogen) atoms. The third kappa shape index (κ3) is 2.38. The minimum absolute atomic E-state index is 0.440. The molecule has 1 atom stereocenters. The van der Waals surface area contributed by atoms with Gasteiger partial charge in [0.2, 0.25) is 0 Å². The Kier molecular flexibility index (Phi) is 3.38. The van der Waals surface area contributed by atoms with E-state index in [1.165, 1.54) is 18.5 Å². The standard InChI is InChI=1S/C11H19N3O/c1-9-10(7-12)8-13-14(9)5-4-11-3-2-6-15-11/h8,11H,2-7,12H2,1H3. The summed E-state index contributed by atoms with van der Waals surface area (Å²) in [4.78, 5) is 0. The third-order valence-electron chi connectivity index (χ3n) is 3.11. The number of nitrogens with zero attached hydrogens (tertiary/aromatic N) is 2. The lowest BCUT2D eigenvalue weighted by atomic mass is 10.2. The molecule has 0 spiro atoms. The van der Waals surface area contributed by atoms with Crippen molar-refractivity contribution in [2.75, 3.05) is 6.61 Å². The lowest BCUT2D eigenvalue weighted by Gasteiger charge is -2.10. The van der Waals surface area contributed by atoms with E-state index < -0.39 is 0 Å². The molecule has 1 aliphatic heterocycles. The van der Waals surface area contributed by atoms with Crippen molar-refractivity contribution in [2.45, 2.75) is 45.4 Å². The van der Waals surface area contributed by atoms with Gasteiger partial charge < -0.3 is 10.5 Å². The average Bonchev–Trinajstić information content (AvgIpc) is 2.85. The molecule has 0 bridgehead atoms. The lowest BCUT2D eigenvalue weighted by Crippen LogP contribution is -2.12. The highest BCUT2D eigenvalue weighted by Gasteiger charge is 2.15. The van der Waals surface area contributed by atoms with Gasteiger partial charge in [-0.15, -0.1) is 0 Å². The van der Waals surface area contributed by atoms with Gasteiger partial charge in [0, 0.05) is 31.0 Å². The molecule has 4 heteroatoms. The van der Waals surface area contributed by atoms with Crippen LogP contribution in [0.3, 0.4) is 0 Å². The zero-order chi connectivity index (χ0) is 10.7. The second-order valence-electron chi connectivity index (χ2n) is 4.11. The van der Waals surface area contributed by atoms with E-state index in [0.717, 1.165) is 25.1 Å². The fraction of sp³-hybridized carbons (Fsp3) is 0.727. The van der Waals surface area contributed by atoms with Gasteiger partial charge in [-0.1, -0.05) is 0 Å². The molecule has 4 nitrogen and oxygen atoms in total. The maximum Gasteiger partial charge on any atom is 0.0593 e.